The molecule has 3 nitrogen and oxygen atoms in total. The molecule has 0 saturated heterocycles. The Bertz CT molecular complexity index is 887. The molecule has 0 spiro atoms. The number of hydrogen-bond donors (Lipinski definition) is 2. The summed E-state index contributed by atoms with van der Waals surface area (Å²) in [5, 5.41) is 11.4. The fourth-order valence-electron chi connectivity index (χ4n) is 2.55. The van der Waals surface area contributed by atoms with Crippen molar-refractivity contribution in [3.05, 3.63) is 87.9 Å². The third-order valence-corrected chi connectivity index (χ3v) is 4.70. The first-order chi connectivity index (χ1) is 12.0. The Kier molecular flexibility index (Phi) is 5.35. The van der Waals surface area contributed by atoms with Gasteiger partial charge < -0.3 is 10.8 Å². The van der Waals surface area contributed by atoms with Gasteiger partial charge in [0, 0.05) is 11.8 Å². The van der Waals surface area contributed by atoms with Gasteiger partial charge in [0.2, 0.25) is 0 Å². The van der Waals surface area contributed by atoms with Gasteiger partial charge in [0.15, 0.2) is 0 Å². The Morgan fingerprint density at radius 2 is 1.56 bits per heavy atom. The number of pyridine rings is 1. The zero-order valence-electron chi connectivity index (χ0n) is 13.0. The van der Waals surface area contributed by atoms with E-state index in [0.717, 1.165) is 11.8 Å². The molecule has 128 valence electrons. The standard InChI is InChI=1S/C19H15Cl2FN2O/c20-16-6-5-13(8-17(16)21)18(23)19(25)12-3-1-11(2-4-12)14-7-15(22)10-24-9-14/h1-10,18-19,25H,23H2. The first kappa shape index (κ1) is 17.8. The molecule has 0 fully saturated rings. The van der Waals surface area contributed by atoms with Crippen molar-refractivity contribution in [1.29, 1.82) is 0 Å². The normalized spacial score (nSPS) is 13.5. The highest BCUT2D eigenvalue weighted by Crippen LogP contribution is 2.32. The van der Waals surface area contributed by atoms with E-state index in [4.69, 9.17) is 28.9 Å². The van der Waals surface area contributed by atoms with Crippen LogP contribution in [-0.2, 0) is 0 Å². The molecule has 0 saturated carbocycles. The fourth-order valence-corrected chi connectivity index (χ4v) is 2.86. The minimum Gasteiger partial charge on any atom is -0.386 e. The number of aromatic nitrogens is 1. The second-order valence-corrected chi connectivity index (χ2v) is 6.47. The lowest BCUT2D eigenvalue weighted by molar-refractivity contribution is 0.147. The van der Waals surface area contributed by atoms with Crippen LogP contribution in [0.3, 0.4) is 0 Å². The molecule has 1 aromatic heterocycles. The molecule has 25 heavy (non-hydrogen) atoms. The van der Waals surface area contributed by atoms with Gasteiger partial charge >= 0.3 is 0 Å². The fraction of sp³-hybridized carbons (Fsp3) is 0.105. The quantitative estimate of drug-likeness (QED) is 0.678. The van der Waals surface area contributed by atoms with E-state index in [9.17, 15) is 9.50 Å². The van der Waals surface area contributed by atoms with Crippen LogP contribution in [0.1, 0.15) is 23.3 Å². The molecule has 0 aliphatic rings. The van der Waals surface area contributed by atoms with Crippen LogP contribution in [0.5, 0.6) is 0 Å². The number of rotatable bonds is 4. The SMILES string of the molecule is NC(c1ccc(Cl)c(Cl)c1)C(O)c1ccc(-c2cncc(F)c2)cc1. The van der Waals surface area contributed by atoms with E-state index in [1.807, 2.05) is 0 Å². The second kappa shape index (κ2) is 7.50. The Balaban J connectivity index is 1.82. The van der Waals surface area contributed by atoms with Crippen molar-refractivity contribution in [2.75, 3.05) is 0 Å². The molecule has 2 atom stereocenters. The molecule has 0 aliphatic carbocycles. The number of benzene rings is 2. The molecule has 3 rings (SSSR count). The van der Waals surface area contributed by atoms with Crippen molar-refractivity contribution in [2.45, 2.75) is 12.1 Å². The highest BCUT2D eigenvalue weighted by Gasteiger charge is 2.19. The van der Waals surface area contributed by atoms with E-state index in [1.165, 1.54) is 6.07 Å². The lowest BCUT2D eigenvalue weighted by Gasteiger charge is -2.20. The summed E-state index contributed by atoms with van der Waals surface area (Å²) in [6.45, 7) is 0. The molecule has 0 radical (unpaired) electrons. The molecule has 3 aromatic rings. The predicted molar refractivity (Wildman–Crippen MR) is 98.0 cm³/mol. The number of hydrogen-bond acceptors (Lipinski definition) is 3. The molecule has 2 aromatic carbocycles. The highest BCUT2D eigenvalue weighted by atomic mass is 35.5. The van der Waals surface area contributed by atoms with Crippen LogP contribution in [0.25, 0.3) is 11.1 Å². The Labute approximate surface area is 154 Å². The van der Waals surface area contributed by atoms with Gasteiger partial charge in [0.25, 0.3) is 0 Å². The lowest BCUT2D eigenvalue weighted by atomic mass is 9.95. The molecular weight excluding hydrogens is 362 g/mol. The highest BCUT2D eigenvalue weighted by molar-refractivity contribution is 6.42. The van der Waals surface area contributed by atoms with Crippen LogP contribution in [0.15, 0.2) is 60.9 Å². The van der Waals surface area contributed by atoms with Crippen molar-refractivity contribution in [2.24, 2.45) is 5.73 Å². The van der Waals surface area contributed by atoms with Crippen LogP contribution >= 0.6 is 23.2 Å². The maximum Gasteiger partial charge on any atom is 0.142 e. The molecule has 0 amide bonds. The molecule has 0 aliphatic heterocycles. The summed E-state index contributed by atoms with van der Waals surface area (Å²) in [5.74, 6) is -0.400. The van der Waals surface area contributed by atoms with E-state index in [-0.39, 0.29) is 0 Å². The number of nitrogens with zero attached hydrogens (tertiary/aromatic N) is 1. The van der Waals surface area contributed by atoms with Gasteiger partial charge in [-0.05, 0) is 34.9 Å². The lowest BCUT2D eigenvalue weighted by Crippen LogP contribution is -2.19. The monoisotopic (exact) mass is 376 g/mol. The van der Waals surface area contributed by atoms with Crippen LogP contribution in [0, 0.1) is 5.82 Å². The molecule has 6 heteroatoms. The zero-order chi connectivity index (χ0) is 18.0. The van der Waals surface area contributed by atoms with Crippen molar-refractivity contribution in [3.63, 3.8) is 0 Å². The van der Waals surface area contributed by atoms with Gasteiger partial charge in [-0.1, -0.05) is 53.5 Å². The number of aliphatic hydroxyl groups excluding tert-OH is 1. The van der Waals surface area contributed by atoms with E-state index >= 15 is 0 Å². The minimum atomic E-state index is -0.920. The average Bonchev–Trinajstić information content (AvgIpc) is 2.63. The molecule has 0 bridgehead atoms. The number of aliphatic hydroxyl groups is 1. The summed E-state index contributed by atoms with van der Waals surface area (Å²) in [6, 6.07) is 12.8. The van der Waals surface area contributed by atoms with Gasteiger partial charge in [-0.15, -0.1) is 0 Å². The van der Waals surface area contributed by atoms with Crippen molar-refractivity contribution in [3.8, 4) is 11.1 Å². The van der Waals surface area contributed by atoms with Crippen molar-refractivity contribution < 1.29 is 9.50 Å². The number of halogens is 3. The maximum atomic E-state index is 13.3. The van der Waals surface area contributed by atoms with E-state index in [0.29, 0.717) is 26.7 Å². The topological polar surface area (TPSA) is 59.1 Å². The largest absolute Gasteiger partial charge is 0.386 e. The molecule has 2 unspecified atom stereocenters. The smallest absolute Gasteiger partial charge is 0.142 e. The van der Waals surface area contributed by atoms with Gasteiger partial charge in [0.05, 0.1) is 28.4 Å². The Morgan fingerprint density at radius 3 is 2.20 bits per heavy atom. The Hall–Kier alpha value is -1.98. The summed E-state index contributed by atoms with van der Waals surface area (Å²) in [4.78, 5) is 3.83. The van der Waals surface area contributed by atoms with Gasteiger partial charge in [-0.2, -0.15) is 0 Å². The summed E-state index contributed by atoms with van der Waals surface area (Å²) in [7, 11) is 0. The maximum absolute atomic E-state index is 13.3. The average molecular weight is 377 g/mol. The zero-order valence-corrected chi connectivity index (χ0v) is 14.5. The molecule has 1 heterocycles. The minimum absolute atomic E-state index is 0.385. The molecular formula is C19H15Cl2FN2O. The first-order valence-electron chi connectivity index (χ1n) is 7.55. The van der Waals surface area contributed by atoms with Crippen LogP contribution in [0.4, 0.5) is 4.39 Å². The summed E-state index contributed by atoms with van der Waals surface area (Å²) < 4.78 is 13.3. The van der Waals surface area contributed by atoms with Gasteiger partial charge in [0.1, 0.15) is 5.82 Å². The van der Waals surface area contributed by atoms with E-state index < -0.39 is 18.0 Å². The number of nitrogens with two attached hydrogens (primary N) is 1. The van der Waals surface area contributed by atoms with Gasteiger partial charge in [-0.3, -0.25) is 4.98 Å². The van der Waals surface area contributed by atoms with Gasteiger partial charge in [-0.25, -0.2) is 4.39 Å². The van der Waals surface area contributed by atoms with Crippen molar-refractivity contribution in [1.82, 2.24) is 4.98 Å². The van der Waals surface area contributed by atoms with Crippen LogP contribution in [-0.4, -0.2) is 10.1 Å². The first-order valence-corrected chi connectivity index (χ1v) is 8.31. The van der Waals surface area contributed by atoms with E-state index in [1.54, 1.807) is 48.7 Å². The van der Waals surface area contributed by atoms with Crippen molar-refractivity contribution >= 4 is 23.2 Å². The summed E-state index contributed by atoms with van der Waals surface area (Å²) >= 11 is 11.9. The Morgan fingerprint density at radius 1 is 0.880 bits per heavy atom. The third-order valence-electron chi connectivity index (χ3n) is 3.96. The third kappa shape index (κ3) is 3.99. The summed E-state index contributed by atoms with van der Waals surface area (Å²) in [6.07, 6.45) is 1.81. The van der Waals surface area contributed by atoms with Crippen LogP contribution < -0.4 is 5.73 Å². The molecule has 3 N–H and O–H groups in total. The summed E-state index contributed by atoms with van der Waals surface area (Å²) in [5.41, 5.74) is 8.93. The predicted octanol–water partition coefficient (Wildman–Crippen LogP) is 4.93. The van der Waals surface area contributed by atoms with Crippen LogP contribution in [0.2, 0.25) is 10.0 Å². The second-order valence-electron chi connectivity index (χ2n) is 5.66. The van der Waals surface area contributed by atoms with E-state index in [2.05, 4.69) is 4.98 Å².